The number of thioether (sulfide) groups is 1. The van der Waals surface area contributed by atoms with Gasteiger partial charge < -0.3 is 10.2 Å². The largest absolute Gasteiger partial charge is 0.312 e. The van der Waals surface area contributed by atoms with Crippen LogP contribution in [0.15, 0.2) is 22.7 Å². The van der Waals surface area contributed by atoms with Gasteiger partial charge in [0.25, 0.3) is 0 Å². The maximum atomic E-state index is 13.7. The van der Waals surface area contributed by atoms with Crippen LogP contribution in [-0.4, -0.2) is 48.6 Å². The first-order chi connectivity index (χ1) is 9.63. The molecule has 1 aromatic rings. The highest BCUT2D eigenvalue weighted by Crippen LogP contribution is 2.25. The molecule has 1 fully saturated rings. The molecule has 1 aromatic carbocycles. The molecule has 20 heavy (non-hydrogen) atoms. The molecule has 1 heterocycles. The first kappa shape index (κ1) is 16.3. The van der Waals surface area contributed by atoms with Crippen molar-refractivity contribution in [1.82, 2.24) is 10.2 Å². The summed E-state index contributed by atoms with van der Waals surface area (Å²) in [5.41, 5.74) is 1.04. The Morgan fingerprint density at radius 3 is 3.05 bits per heavy atom. The Kier molecular flexibility index (Phi) is 6.33. The molecule has 112 valence electrons. The van der Waals surface area contributed by atoms with E-state index in [2.05, 4.69) is 40.1 Å². The van der Waals surface area contributed by atoms with E-state index in [1.165, 1.54) is 11.8 Å². The van der Waals surface area contributed by atoms with E-state index >= 15 is 0 Å². The topological polar surface area (TPSA) is 15.3 Å². The summed E-state index contributed by atoms with van der Waals surface area (Å²) in [6.07, 6.45) is 0.849. The van der Waals surface area contributed by atoms with Crippen molar-refractivity contribution in [3.63, 3.8) is 0 Å². The summed E-state index contributed by atoms with van der Waals surface area (Å²) < 4.78 is 14.3. The summed E-state index contributed by atoms with van der Waals surface area (Å²) in [4.78, 5) is 2.43. The fourth-order valence-corrected chi connectivity index (χ4v) is 4.42. The van der Waals surface area contributed by atoms with Crippen molar-refractivity contribution in [2.75, 3.05) is 31.6 Å². The molecule has 0 aromatic heterocycles. The predicted octanol–water partition coefficient (Wildman–Crippen LogP) is 3.16. The Labute approximate surface area is 133 Å². The minimum atomic E-state index is -0.177. The first-order valence-electron chi connectivity index (χ1n) is 7.07. The van der Waals surface area contributed by atoms with Crippen molar-refractivity contribution in [2.45, 2.75) is 25.4 Å². The maximum absolute atomic E-state index is 13.7. The first-order valence-corrected chi connectivity index (χ1v) is 9.02. The van der Waals surface area contributed by atoms with Crippen molar-refractivity contribution >= 4 is 27.7 Å². The van der Waals surface area contributed by atoms with Crippen LogP contribution in [0.25, 0.3) is 0 Å². The fourth-order valence-electron chi connectivity index (χ4n) is 2.68. The molecule has 0 amide bonds. The average molecular weight is 361 g/mol. The van der Waals surface area contributed by atoms with E-state index in [9.17, 15) is 4.39 Å². The molecular formula is C15H22BrFN2S. The molecule has 0 aliphatic carbocycles. The van der Waals surface area contributed by atoms with Gasteiger partial charge in [-0.15, -0.1) is 0 Å². The number of hydrogen-bond donors (Lipinski definition) is 1. The third kappa shape index (κ3) is 3.97. The molecule has 0 spiro atoms. The third-order valence-electron chi connectivity index (χ3n) is 3.85. The van der Waals surface area contributed by atoms with E-state index in [1.807, 2.05) is 17.8 Å². The molecule has 2 atom stereocenters. The lowest BCUT2D eigenvalue weighted by Crippen LogP contribution is -2.53. The second-order valence-corrected chi connectivity index (χ2v) is 7.15. The molecule has 0 saturated carbocycles. The van der Waals surface area contributed by atoms with E-state index in [0.717, 1.165) is 30.8 Å². The normalized spacial score (nSPS) is 21.9. The highest BCUT2D eigenvalue weighted by Gasteiger charge is 2.28. The van der Waals surface area contributed by atoms with Crippen molar-refractivity contribution in [2.24, 2.45) is 0 Å². The van der Waals surface area contributed by atoms with Gasteiger partial charge in [0.2, 0.25) is 0 Å². The Hall–Kier alpha value is -0.100. The smallest absolute Gasteiger partial charge is 0.137 e. The summed E-state index contributed by atoms with van der Waals surface area (Å²) in [5.74, 6) is 2.17. The van der Waals surface area contributed by atoms with Crippen LogP contribution in [-0.2, 0) is 6.42 Å². The molecule has 0 radical (unpaired) electrons. The average Bonchev–Trinajstić information content (AvgIpc) is 2.44. The van der Waals surface area contributed by atoms with E-state index < -0.39 is 0 Å². The van der Waals surface area contributed by atoms with Gasteiger partial charge in [-0.1, -0.05) is 19.1 Å². The van der Waals surface area contributed by atoms with Crippen LogP contribution in [0.1, 0.15) is 12.5 Å². The molecule has 1 saturated heterocycles. The summed E-state index contributed by atoms with van der Waals surface area (Å²) in [6.45, 7) is 4.19. The van der Waals surface area contributed by atoms with Crippen LogP contribution >= 0.6 is 27.7 Å². The summed E-state index contributed by atoms with van der Waals surface area (Å²) in [7, 11) is 2.19. The second kappa shape index (κ2) is 7.78. The monoisotopic (exact) mass is 360 g/mol. The SMILES string of the molecule is CCNC(Cc1cccc(F)c1Br)C1CSCCN1C. The van der Waals surface area contributed by atoms with Crippen LogP contribution in [0.3, 0.4) is 0 Å². The van der Waals surface area contributed by atoms with Gasteiger partial charge in [0.05, 0.1) is 4.47 Å². The molecule has 2 rings (SSSR count). The molecular weight excluding hydrogens is 339 g/mol. The van der Waals surface area contributed by atoms with Gasteiger partial charge in [0, 0.05) is 30.1 Å². The van der Waals surface area contributed by atoms with Crippen molar-refractivity contribution in [3.05, 3.63) is 34.1 Å². The van der Waals surface area contributed by atoms with E-state index in [1.54, 1.807) is 6.07 Å². The fraction of sp³-hybridized carbons (Fsp3) is 0.600. The minimum absolute atomic E-state index is 0.177. The maximum Gasteiger partial charge on any atom is 0.137 e. The zero-order valence-corrected chi connectivity index (χ0v) is 14.4. The number of nitrogens with zero attached hydrogens (tertiary/aromatic N) is 1. The minimum Gasteiger partial charge on any atom is -0.312 e. The van der Waals surface area contributed by atoms with E-state index in [-0.39, 0.29) is 5.82 Å². The Bertz CT molecular complexity index is 444. The Balaban J connectivity index is 2.14. The zero-order chi connectivity index (χ0) is 14.5. The quantitative estimate of drug-likeness (QED) is 0.868. The standard InChI is InChI=1S/C15H22BrFN2S/c1-3-18-13(14-10-20-8-7-19(14)2)9-11-5-4-6-12(17)15(11)16/h4-6,13-14,18H,3,7-10H2,1-2H3. The number of nitrogens with one attached hydrogen (secondary N) is 1. The number of halogens is 2. The molecule has 5 heteroatoms. The number of likely N-dealkylation sites (N-methyl/N-ethyl adjacent to an activating group) is 2. The highest BCUT2D eigenvalue weighted by atomic mass is 79.9. The zero-order valence-electron chi connectivity index (χ0n) is 12.0. The number of rotatable bonds is 5. The summed E-state index contributed by atoms with van der Waals surface area (Å²) >= 11 is 5.39. The third-order valence-corrected chi connectivity index (χ3v) is 5.78. The van der Waals surface area contributed by atoms with Crippen LogP contribution in [0.2, 0.25) is 0 Å². The van der Waals surface area contributed by atoms with E-state index in [4.69, 9.17) is 0 Å². The van der Waals surface area contributed by atoms with Gasteiger partial charge in [-0.05, 0) is 47.6 Å². The number of hydrogen-bond acceptors (Lipinski definition) is 3. The van der Waals surface area contributed by atoms with Crippen LogP contribution in [0, 0.1) is 5.82 Å². The van der Waals surface area contributed by atoms with E-state index in [0.29, 0.717) is 16.6 Å². The molecule has 2 unspecified atom stereocenters. The summed E-state index contributed by atoms with van der Waals surface area (Å²) in [6, 6.07) is 6.16. The Morgan fingerprint density at radius 1 is 1.55 bits per heavy atom. The van der Waals surface area contributed by atoms with Gasteiger partial charge >= 0.3 is 0 Å². The van der Waals surface area contributed by atoms with Crippen molar-refractivity contribution in [3.8, 4) is 0 Å². The lowest BCUT2D eigenvalue weighted by molar-refractivity contribution is 0.214. The summed E-state index contributed by atoms with van der Waals surface area (Å²) in [5, 5.41) is 3.58. The molecule has 0 bridgehead atoms. The lowest BCUT2D eigenvalue weighted by atomic mass is 9.99. The van der Waals surface area contributed by atoms with Crippen molar-refractivity contribution in [1.29, 1.82) is 0 Å². The van der Waals surface area contributed by atoms with Crippen LogP contribution in [0.4, 0.5) is 4.39 Å². The number of benzene rings is 1. The van der Waals surface area contributed by atoms with Gasteiger partial charge in [0.15, 0.2) is 0 Å². The van der Waals surface area contributed by atoms with Crippen LogP contribution < -0.4 is 5.32 Å². The highest BCUT2D eigenvalue weighted by molar-refractivity contribution is 9.10. The van der Waals surface area contributed by atoms with Gasteiger partial charge in [-0.2, -0.15) is 11.8 Å². The lowest BCUT2D eigenvalue weighted by Gasteiger charge is -2.38. The van der Waals surface area contributed by atoms with Gasteiger partial charge in [-0.3, -0.25) is 0 Å². The Morgan fingerprint density at radius 2 is 2.35 bits per heavy atom. The molecule has 2 nitrogen and oxygen atoms in total. The van der Waals surface area contributed by atoms with Crippen LogP contribution in [0.5, 0.6) is 0 Å². The van der Waals surface area contributed by atoms with Gasteiger partial charge in [-0.25, -0.2) is 4.39 Å². The van der Waals surface area contributed by atoms with Gasteiger partial charge in [0.1, 0.15) is 5.82 Å². The second-order valence-electron chi connectivity index (χ2n) is 5.20. The predicted molar refractivity (Wildman–Crippen MR) is 89.0 cm³/mol. The van der Waals surface area contributed by atoms with Crippen molar-refractivity contribution < 1.29 is 4.39 Å². The molecule has 1 aliphatic rings. The molecule has 1 aliphatic heterocycles. The molecule has 1 N–H and O–H groups in total.